The van der Waals surface area contributed by atoms with E-state index in [9.17, 15) is 9.59 Å². The first-order valence-corrected chi connectivity index (χ1v) is 10.5. The van der Waals surface area contributed by atoms with Crippen LogP contribution in [0.2, 0.25) is 0 Å². The van der Waals surface area contributed by atoms with Gasteiger partial charge in [-0.05, 0) is 48.7 Å². The summed E-state index contributed by atoms with van der Waals surface area (Å²) in [4.78, 5) is 24.1. The van der Waals surface area contributed by atoms with Crippen molar-refractivity contribution in [1.82, 2.24) is 10.9 Å². The molecule has 0 atom stereocenters. The van der Waals surface area contributed by atoms with Crippen LogP contribution in [-0.4, -0.2) is 25.0 Å². The number of ether oxygens (including phenoxy) is 2. The Morgan fingerprint density at radius 3 is 2.00 bits per heavy atom. The normalized spacial score (nSPS) is 10.3. The highest BCUT2D eigenvalue weighted by atomic mass is 79.9. The fraction of sp³-hybridized carbons (Fsp3) is 0.167. The molecule has 6 nitrogen and oxygen atoms in total. The van der Waals surface area contributed by atoms with Gasteiger partial charge in [-0.15, -0.1) is 0 Å². The molecule has 3 aromatic carbocycles. The van der Waals surface area contributed by atoms with Crippen LogP contribution in [0, 0.1) is 13.8 Å². The zero-order valence-electron chi connectivity index (χ0n) is 17.3. The van der Waals surface area contributed by atoms with Gasteiger partial charge >= 0.3 is 0 Å². The second-order valence-corrected chi connectivity index (χ2v) is 7.82. The molecule has 0 fully saturated rings. The number of hydrazine groups is 1. The maximum absolute atomic E-state index is 12.1. The van der Waals surface area contributed by atoms with Gasteiger partial charge in [-0.3, -0.25) is 20.4 Å². The molecule has 0 aliphatic heterocycles. The average Bonchev–Trinajstić information content (AvgIpc) is 2.76. The van der Waals surface area contributed by atoms with Crippen molar-refractivity contribution in [3.8, 4) is 22.6 Å². The summed E-state index contributed by atoms with van der Waals surface area (Å²) >= 11 is 3.42. The average molecular weight is 483 g/mol. The molecule has 0 aliphatic rings. The number of hydrogen-bond donors (Lipinski definition) is 2. The maximum atomic E-state index is 12.1. The summed E-state index contributed by atoms with van der Waals surface area (Å²) in [6.45, 7) is 3.34. The lowest BCUT2D eigenvalue weighted by Gasteiger charge is -2.14. The number of para-hydroxylation sites is 1. The maximum Gasteiger partial charge on any atom is 0.276 e. The summed E-state index contributed by atoms with van der Waals surface area (Å²) < 4.78 is 12.2. The quantitative estimate of drug-likeness (QED) is 0.491. The van der Waals surface area contributed by atoms with Crippen LogP contribution in [0.3, 0.4) is 0 Å². The predicted molar refractivity (Wildman–Crippen MR) is 123 cm³/mol. The van der Waals surface area contributed by atoms with Crippen molar-refractivity contribution in [2.75, 3.05) is 13.2 Å². The zero-order valence-corrected chi connectivity index (χ0v) is 18.9. The molecular formula is C24H23BrN2O4. The third-order valence-corrected chi connectivity index (χ3v) is 4.90. The molecule has 0 radical (unpaired) electrons. The molecule has 0 aliphatic carbocycles. The van der Waals surface area contributed by atoms with Crippen molar-refractivity contribution in [2.45, 2.75) is 13.8 Å². The van der Waals surface area contributed by atoms with Crippen molar-refractivity contribution in [2.24, 2.45) is 0 Å². The highest BCUT2D eigenvalue weighted by Crippen LogP contribution is 2.29. The molecule has 0 aromatic heterocycles. The Morgan fingerprint density at radius 2 is 1.35 bits per heavy atom. The zero-order chi connectivity index (χ0) is 22.2. The number of hydrogen-bond acceptors (Lipinski definition) is 4. The SMILES string of the molecule is Cc1cc(Br)cc(C)c1OCC(=O)NNC(=O)COc1ccccc1-c1ccccc1. The first-order chi connectivity index (χ1) is 14.9. The van der Waals surface area contributed by atoms with Gasteiger partial charge in [-0.25, -0.2) is 0 Å². The first-order valence-electron chi connectivity index (χ1n) is 9.68. The van der Waals surface area contributed by atoms with E-state index in [0.717, 1.165) is 26.7 Å². The van der Waals surface area contributed by atoms with Crippen molar-refractivity contribution in [1.29, 1.82) is 0 Å². The van der Waals surface area contributed by atoms with E-state index in [4.69, 9.17) is 9.47 Å². The van der Waals surface area contributed by atoms with E-state index in [1.54, 1.807) is 6.07 Å². The fourth-order valence-electron chi connectivity index (χ4n) is 3.07. The van der Waals surface area contributed by atoms with Crippen LogP contribution >= 0.6 is 15.9 Å². The van der Waals surface area contributed by atoms with Crippen LogP contribution in [0.15, 0.2) is 71.2 Å². The minimum Gasteiger partial charge on any atom is -0.483 e. The van der Waals surface area contributed by atoms with Gasteiger partial charge in [0.1, 0.15) is 11.5 Å². The van der Waals surface area contributed by atoms with Crippen LogP contribution in [0.25, 0.3) is 11.1 Å². The van der Waals surface area contributed by atoms with Gasteiger partial charge in [0.2, 0.25) is 0 Å². The molecule has 31 heavy (non-hydrogen) atoms. The summed E-state index contributed by atoms with van der Waals surface area (Å²) in [7, 11) is 0. The number of carbonyl (C=O) groups excluding carboxylic acids is 2. The topological polar surface area (TPSA) is 76.7 Å². The number of benzene rings is 3. The van der Waals surface area contributed by atoms with E-state index in [-0.39, 0.29) is 13.2 Å². The Morgan fingerprint density at radius 1 is 0.806 bits per heavy atom. The van der Waals surface area contributed by atoms with E-state index < -0.39 is 11.8 Å². The second kappa shape index (κ2) is 10.6. The number of rotatable bonds is 7. The fourth-order valence-corrected chi connectivity index (χ4v) is 3.75. The van der Waals surface area contributed by atoms with E-state index in [1.165, 1.54) is 0 Å². The van der Waals surface area contributed by atoms with Crippen LogP contribution < -0.4 is 20.3 Å². The molecule has 0 unspecified atom stereocenters. The van der Waals surface area contributed by atoms with Crippen molar-refractivity contribution in [3.63, 3.8) is 0 Å². The Hall–Kier alpha value is -3.32. The number of carbonyl (C=O) groups is 2. The van der Waals surface area contributed by atoms with Gasteiger partial charge in [0.05, 0.1) is 0 Å². The van der Waals surface area contributed by atoms with Crippen LogP contribution in [0.5, 0.6) is 11.5 Å². The largest absolute Gasteiger partial charge is 0.483 e. The van der Waals surface area contributed by atoms with Gasteiger partial charge in [0.25, 0.3) is 11.8 Å². The lowest BCUT2D eigenvalue weighted by molar-refractivity contribution is -0.131. The van der Waals surface area contributed by atoms with Crippen molar-refractivity contribution < 1.29 is 19.1 Å². The van der Waals surface area contributed by atoms with Crippen molar-refractivity contribution in [3.05, 3.63) is 82.3 Å². The molecule has 0 saturated carbocycles. The molecule has 2 N–H and O–H groups in total. The van der Waals surface area contributed by atoms with E-state index >= 15 is 0 Å². The highest BCUT2D eigenvalue weighted by molar-refractivity contribution is 9.10. The van der Waals surface area contributed by atoms with Gasteiger partial charge in [0, 0.05) is 10.0 Å². The van der Waals surface area contributed by atoms with Crippen LogP contribution in [0.4, 0.5) is 0 Å². The Bertz CT molecular complexity index is 1050. The smallest absolute Gasteiger partial charge is 0.276 e. The molecule has 2 amide bonds. The highest BCUT2D eigenvalue weighted by Gasteiger charge is 2.11. The summed E-state index contributed by atoms with van der Waals surface area (Å²) in [5.41, 5.74) is 8.36. The third-order valence-electron chi connectivity index (χ3n) is 4.44. The lowest BCUT2D eigenvalue weighted by Crippen LogP contribution is -2.45. The standard InChI is InChI=1S/C24H23BrN2O4/c1-16-12-19(25)13-17(2)24(16)31-15-23(29)27-26-22(28)14-30-21-11-7-6-10-20(21)18-8-4-3-5-9-18/h3-13H,14-15H2,1-2H3,(H,26,28)(H,27,29). The number of nitrogens with one attached hydrogen (secondary N) is 2. The van der Waals surface area contributed by atoms with Crippen LogP contribution in [-0.2, 0) is 9.59 Å². The van der Waals surface area contributed by atoms with E-state index in [0.29, 0.717) is 11.5 Å². The van der Waals surface area contributed by atoms with Crippen LogP contribution in [0.1, 0.15) is 11.1 Å². The van der Waals surface area contributed by atoms with Gasteiger partial charge in [0.15, 0.2) is 13.2 Å². The number of halogens is 1. The molecule has 160 valence electrons. The van der Waals surface area contributed by atoms with Gasteiger partial charge < -0.3 is 9.47 Å². The minimum absolute atomic E-state index is 0.221. The third kappa shape index (κ3) is 6.33. The molecule has 0 saturated heterocycles. The van der Waals surface area contributed by atoms with Gasteiger partial charge in [-0.2, -0.15) is 0 Å². The van der Waals surface area contributed by atoms with Crippen molar-refractivity contribution >= 4 is 27.7 Å². The van der Waals surface area contributed by atoms with E-state index in [2.05, 4.69) is 26.8 Å². The summed E-state index contributed by atoms with van der Waals surface area (Å²) in [6, 6.07) is 21.0. The van der Waals surface area contributed by atoms with Gasteiger partial charge in [-0.1, -0.05) is 64.5 Å². The number of aryl methyl sites for hydroxylation is 2. The Kier molecular flexibility index (Phi) is 7.67. The molecule has 0 spiro atoms. The Labute approximate surface area is 189 Å². The molecule has 0 heterocycles. The molecular weight excluding hydrogens is 460 g/mol. The summed E-state index contributed by atoms with van der Waals surface area (Å²) in [6.07, 6.45) is 0. The van der Waals surface area contributed by atoms with E-state index in [1.807, 2.05) is 74.5 Å². The summed E-state index contributed by atoms with van der Waals surface area (Å²) in [5, 5.41) is 0. The predicted octanol–water partition coefficient (Wildman–Crippen LogP) is 4.34. The number of amides is 2. The minimum atomic E-state index is -0.479. The second-order valence-electron chi connectivity index (χ2n) is 6.90. The summed E-state index contributed by atoms with van der Waals surface area (Å²) in [5.74, 6) is 0.275. The molecule has 0 bridgehead atoms. The lowest BCUT2D eigenvalue weighted by atomic mass is 10.1. The molecule has 7 heteroatoms. The molecule has 3 aromatic rings. The first kappa shape index (κ1) is 22.4. The monoisotopic (exact) mass is 482 g/mol. The molecule has 3 rings (SSSR count). The Balaban J connectivity index is 1.48.